The van der Waals surface area contributed by atoms with Crippen molar-refractivity contribution in [1.82, 2.24) is 4.90 Å². The van der Waals surface area contributed by atoms with Gasteiger partial charge in [0.2, 0.25) is 0 Å². The Bertz CT molecular complexity index is 1270. The molecule has 2 aliphatic carbocycles. The van der Waals surface area contributed by atoms with Crippen LogP contribution in [0.1, 0.15) is 82.8 Å². The van der Waals surface area contributed by atoms with E-state index in [0.717, 1.165) is 68.6 Å². The van der Waals surface area contributed by atoms with Crippen molar-refractivity contribution in [2.75, 3.05) is 26.3 Å². The number of benzene rings is 2. The van der Waals surface area contributed by atoms with Crippen LogP contribution >= 0.6 is 0 Å². The molecule has 3 fully saturated rings. The lowest BCUT2D eigenvalue weighted by Crippen LogP contribution is -2.61. The van der Waals surface area contributed by atoms with Gasteiger partial charge in [0.05, 0.1) is 24.3 Å². The van der Waals surface area contributed by atoms with Gasteiger partial charge >= 0.3 is 5.97 Å². The van der Waals surface area contributed by atoms with Crippen molar-refractivity contribution in [3.8, 4) is 16.9 Å². The second-order valence-electron chi connectivity index (χ2n) is 12.5. The summed E-state index contributed by atoms with van der Waals surface area (Å²) in [7, 11) is 0. The molecule has 2 aromatic rings. The maximum Gasteiger partial charge on any atom is 0.311 e. The monoisotopic (exact) mass is 548 g/mol. The van der Waals surface area contributed by atoms with Gasteiger partial charge in [-0.3, -0.25) is 9.69 Å². The molecule has 2 saturated carbocycles. The predicted molar refractivity (Wildman–Crippen MR) is 153 cm³/mol. The maximum atomic E-state index is 13.6. The smallest absolute Gasteiger partial charge is 0.311 e. The van der Waals surface area contributed by atoms with Gasteiger partial charge in [0.1, 0.15) is 11.6 Å². The summed E-state index contributed by atoms with van der Waals surface area (Å²) in [6.45, 7) is 9.49. The second-order valence-corrected chi connectivity index (χ2v) is 12.5. The Morgan fingerprint density at radius 1 is 1.05 bits per heavy atom. The second kappa shape index (κ2) is 10.8. The topological polar surface area (TPSA) is 60.4 Å². The zero-order valence-corrected chi connectivity index (χ0v) is 24.0. The number of oxime groups is 1. The molecule has 2 heterocycles. The summed E-state index contributed by atoms with van der Waals surface area (Å²) in [6.07, 6.45) is 6.85. The molecule has 214 valence electrons. The van der Waals surface area contributed by atoms with Crippen LogP contribution in [0.25, 0.3) is 11.1 Å². The molecule has 0 radical (unpaired) electrons. The fourth-order valence-corrected chi connectivity index (χ4v) is 6.87. The van der Waals surface area contributed by atoms with Crippen molar-refractivity contribution in [3.05, 3.63) is 53.3 Å². The molecule has 0 amide bonds. The average Bonchev–Trinajstić information content (AvgIpc) is 3.68. The Morgan fingerprint density at radius 2 is 1.77 bits per heavy atom. The summed E-state index contributed by atoms with van der Waals surface area (Å²) in [6, 6.07) is 11.3. The van der Waals surface area contributed by atoms with Crippen LogP contribution in [0, 0.1) is 17.2 Å². The Balaban J connectivity index is 1.09. The minimum atomic E-state index is -0.372. The van der Waals surface area contributed by atoms with Gasteiger partial charge in [-0.2, -0.15) is 0 Å². The first-order valence-electron chi connectivity index (χ1n) is 15.0. The summed E-state index contributed by atoms with van der Waals surface area (Å²) >= 11 is 0. The average molecular weight is 549 g/mol. The van der Waals surface area contributed by atoms with Crippen LogP contribution in [0.3, 0.4) is 0 Å². The molecule has 2 aliphatic heterocycles. The van der Waals surface area contributed by atoms with Crippen LogP contribution in [-0.4, -0.2) is 48.5 Å². The Hall–Kier alpha value is -2.93. The van der Waals surface area contributed by atoms with E-state index in [1.165, 1.54) is 41.8 Å². The Labute approximate surface area is 236 Å². The number of carbonyl (C=O) groups is 1. The van der Waals surface area contributed by atoms with E-state index in [1.54, 1.807) is 0 Å². The van der Waals surface area contributed by atoms with Gasteiger partial charge in [-0.1, -0.05) is 23.4 Å². The molecule has 0 atom stereocenters. The number of likely N-dealkylation sites (tertiary alicyclic amines) is 1. The van der Waals surface area contributed by atoms with Gasteiger partial charge in [0, 0.05) is 37.5 Å². The highest BCUT2D eigenvalue weighted by atomic mass is 19.1. The highest BCUT2D eigenvalue weighted by Crippen LogP contribution is 2.49. The van der Waals surface area contributed by atoms with Crippen LogP contribution in [-0.2, 0) is 20.9 Å². The molecule has 2 aromatic carbocycles. The minimum absolute atomic E-state index is 0.0628. The van der Waals surface area contributed by atoms with Crippen LogP contribution < -0.4 is 4.74 Å². The van der Waals surface area contributed by atoms with E-state index in [9.17, 15) is 9.18 Å². The van der Waals surface area contributed by atoms with Gasteiger partial charge in [0.25, 0.3) is 0 Å². The van der Waals surface area contributed by atoms with E-state index in [0.29, 0.717) is 25.0 Å². The summed E-state index contributed by atoms with van der Waals surface area (Å²) in [5.41, 5.74) is 5.26. The number of hydrogen-bond acceptors (Lipinski definition) is 6. The fraction of sp³-hybridized carbons (Fsp3) is 0.576. The Kier molecular flexibility index (Phi) is 7.36. The number of hydrogen-bond donors (Lipinski definition) is 0. The predicted octanol–water partition coefficient (Wildman–Crippen LogP) is 6.86. The van der Waals surface area contributed by atoms with E-state index in [2.05, 4.69) is 22.2 Å². The molecule has 0 bridgehead atoms. The lowest BCUT2D eigenvalue weighted by Gasteiger charge is -2.45. The van der Waals surface area contributed by atoms with E-state index < -0.39 is 0 Å². The SMILES string of the molecule is CCOC(=O)C1(C)CCC(C2=NOC3(C2)CN(Cc2cc(OCC)c(-c4ccc(F)cc4)c(C4CC4)c2)C3)CC1. The summed E-state index contributed by atoms with van der Waals surface area (Å²) in [5, 5.41) is 4.57. The van der Waals surface area contributed by atoms with E-state index >= 15 is 0 Å². The summed E-state index contributed by atoms with van der Waals surface area (Å²) < 4.78 is 25.1. The van der Waals surface area contributed by atoms with Gasteiger partial charge in [-0.25, -0.2) is 4.39 Å². The molecule has 0 aromatic heterocycles. The summed E-state index contributed by atoms with van der Waals surface area (Å²) in [5.74, 6) is 1.53. The molecular weight excluding hydrogens is 507 g/mol. The van der Waals surface area contributed by atoms with Crippen LogP contribution in [0.5, 0.6) is 5.75 Å². The molecule has 40 heavy (non-hydrogen) atoms. The first-order valence-corrected chi connectivity index (χ1v) is 15.0. The third kappa shape index (κ3) is 5.37. The standard InChI is InChI=1S/C33H41FN2O4/c1-4-38-29-17-22(16-27(23-6-7-23)30(29)25-8-10-26(34)11-9-25)19-36-20-33(21-36)18-28(35-40-33)24-12-14-32(3,15-13-24)31(37)39-5-2/h8-11,16-17,23-24H,4-7,12-15,18-21H2,1-3H3. The molecule has 6 nitrogen and oxygen atoms in total. The van der Waals surface area contributed by atoms with Gasteiger partial charge < -0.3 is 14.3 Å². The molecule has 6 rings (SSSR count). The maximum absolute atomic E-state index is 13.6. The van der Waals surface area contributed by atoms with E-state index in [4.69, 9.17) is 14.3 Å². The van der Waals surface area contributed by atoms with Crippen molar-refractivity contribution in [1.29, 1.82) is 0 Å². The number of nitrogens with zero attached hydrogens (tertiary/aromatic N) is 2. The van der Waals surface area contributed by atoms with Crippen molar-refractivity contribution in [3.63, 3.8) is 0 Å². The van der Waals surface area contributed by atoms with Crippen LogP contribution in [0.2, 0.25) is 0 Å². The molecule has 1 spiro atoms. The zero-order chi connectivity index (χ0) is 27.9. The quantitative estimate of drug-likeness (QED) is 0.321. The lowest BCUT2D eigenvalue weighted by atomic mass is 9.69. The molecule has 4 aliphatic rings. The van der Waals surface area contributed by atoms with Crippen LogP contribution in [0.15, 0.2) is 41.6 Å². The lowest BCUT2D eigenvalue weighted by molar-refractivity contribution is -0.156. The fourth-order valence-electron chi connectivity index (χ4n) is 6.87. The third-order valence-electron chi connectivity index (χ3n) is 9.26. The van der Waals surface area contributed by atoms with E-state index in [1.807, 2.05) is 32.9 Å². The molecular formula is C33H41FN2O4. The number of ether oxygens (including phenoxy) is 2. The first-order chi connectivity index (χ1) is 19.3. The highest BCUT2D eigenvalue weighted by Gasteiger charge is 2.51. The third-order valence-corrected chi connectivity index (χ3v) is 9.26. The van der Waals surface area contributed by atoms with Crippen molar-refractivity contribution >= 4 is 11.7 Å². The summed E-state index contributed by atoms with van der Waals surface area (Å²) in [4.78, 5) is 20.9. The van der Waals surface area contributed by atoms with Crippen molar-refractivity contribution in [2.24, 2.45) is 16.5 Å². The van der Waals surface area contributed by atoms with Crippen LogP contribution in [0.4, 0.5) is 4.39 Å². The number of halogens is 1. The molecule has 7 heteroatoms. The van der Waals surface area contributed by atoms with Gasteiger partial charge in [-0.05, 0) is 100 Å². The number of esters is 1. The number of rotatable bonds is 9. The van der Waals surface area contributed by atoms with Crippen molar-refractivity contribution < 1.29 is 23.5 Å². The highest BCUT2D eigenvalue weighted by molar-refractivity contribution is 5.89. The number of carbonyl (C=O) groups excluding carboxylic acids is 1. The molecule has 0 unspecified atom stereocenters. The van der Waals surface area contributed by atoms with Gasteiger partial charge in [0.15, 0.2) is 5.60 Å². The Morgan fingerprint density at radius 3 is 2.42 bits per heavy atom. The first kappa shape index (κ1) is 27.3. The van der Waals surface area contributed by atoms with E-state index in [-0.39, 0.29) is 22.8 Å². The minimum Gasteiger partial charge on any atom is -0.493 e. The van der Waals surface area contributed by atoms with Crippen molar-refractivity contribution in [2.45, 2.75) is 83.8 Å². The zero-order valence-electron chi connectivity index (χ0n) is 24.0. The molecule has 1 saturated heterocycles. The molecule has 0 N–H and O–H groups in total. The largest absolute Gasteiger partial charge is 0.493 e. The normalized spacial score (nSPS) is 25.7. The van der Waals surface area contributed by atoms with Gasteiger partial charge in [-0.15, -0.1) is 0 Å².